The zero-order valence-corrected chi connectivity index (χ0v) is 17.3. The van der Waals surface area contributed by atoms with Gasteiger partial charge in [-0.1, -0.05) is 17.7 Å². The van der Waals surface area contributed by atoms with Crippen LogP contribution in [0.4, 0.5) is 5.95 Å². The Hall–Kier alpha value is -3.09. The number of aliphatic hydroxyl groups excluding tert-OH is 1. The molecule has 0 amide bonds. The first-order valence-corrected chi connectivity index (χ1v) is 9.97. The second-order valence-electron chi connectivity index (χ2n) is 7.63. The molecule has 0 aliphatic heterocycles. The van der Waals surface area contributed by atoms with E-state index >= 15 is 0 Å². The van der Waals surface area contributed by atoms with E-state index in [1.807, 2.05) is 6.07 Å². The Morgan fingerprint density at radius 1 is 1.30 bits per heavy atom. The summed E-state index contributed by atoms with van der Waals surface area (Å²) in [7, 11) is 3.29. The number of halogens is 1. The zero-order chi connectivity index (χ0) is 21.6. The minimum atomic E-state index is -0.492. The first-order valence-electron chi connectivity index (χ1n) is 9.59. The van der Waals surface area contributed by atoms with Gasteiger partial charge in [-0.05, 0) is 37.0 Å². The van der Waals surface area contributed by atoms with Gasteiger partial charge in [-0.3, -0.25) is 13.9 Å². The Morgan fingerprint density at radius 2 is 2.07 bits per heavy atom. The molecular formula is C20H21ClN6O3. The van der Waals surface area contributed by atoms with Crippen LogP contribution < -0.4 is 16.6 Å². The van der Waals surface area contributed by atoms with Crippen molar-refractivity contribution in [3.8, 4) is 6.07 Å². The SMILES string of the molecule is Cn1c(N[C@@H]2CC[C@@H](O)C2)nc2c1c(=O)n(Cc1ccc(C#N)c(Cl)c1)c(=O)n2C. The van der Waals surface area contributed by atoms with Gasteiger partial charge in [0.05, 0.1) is 23.2 Å². The third kappa shape index (κ3) is 3.38. The third-order valence-electron chi connectivity index (χ3n) is 5.59. The maximum Gasteiger partial charge on any atom is 0.332 e. The van der Waals surface area contributed by atoms with Gasteiger partial charge in [0.25, 0.3) is 5.56 Å². The molecule has 2 N–H and O–H groups in total. The minimum Gasteiger partial charge on any atom is -0.393 e. The molecule has 4 rings (SSSR count). The van der Waals surface area contributed by atoms with Gasteiger partial charge in [0.1, 0.15) is 6.07 Å². The van der Waals surface area contributed by atoms with Crippen molar-refractivity contribution in [3.63, 3.8) is 0 Å². The molecule has 3 aromatic rings. The van der Waals surface area contributed by atoms with Crippen LogP contribution in [0.3, 0.4) is 0 Å². The summed E-state index contributed by atoms with van der Waals surface area (Å²) in [5.74, 6) is 0.482. The fraction of sp³-hybridized carbons (Fsp3) is 0.400. The smallest absolute Gasteiger partial charge is 0.332 e. The highest BCUT2D eigenvalue weighted by atomic mass is 35.5. The second-order valence-corrected chi connectivity index (χ2v) is 8.04. The second kappa shape index (κ2) is 7.63. The Bertz CT molecular complexity index is 1300. The topological polar surface area (TPSA) is 118 Å². The number of aryl methyl sites for hydroxylation is 2. The Morgan fingerprint density at radius 3 is 2.70 bits per heavy atom. The van der Waals surface area contributed by atoms with Crippen molar-refractivity contribution in [2.45, 2.75) is 38.0 Å². The van der Waals surface area contributed by atoms with Crippen LogP contribution >= 0.6 is 11.6 Å². The average Bonchev–Trinajstić information content (AvgIpc) is 3.27. The lowest BCUT2D eigenvalue weighted by Crippen LogP contribution is -2.39. The van der Waals surface area contributed by atoms with E-state index in [1.165, 1.54) is 4.57 Å². The number of imidazole rings is 1. The number of rotatable bonds is 4. The van der Waals surface area contributed by atoms with Gasteiger partial charge in [-0.25, -0.2) is 4.79 Å². The van der Waals surface area contributed by atoms with E-state index in [4.69, 9.17) is 16.9 Å². The summed E-state index contributed by atoms with van der Waals surface area (Å²) in [6, 6.07) is 6.86. The fourth-order valence-electron chi connectivity index (χ4n) is 3.91. The van der Waals surface area contributed by atoms with Gasteiger partial charge in [0.15, 0.2) is 11.2 Å². The average molecular weight is 429 g/mol. The number of aliphatic hydroxyl groups is 1. The van der Waals surface area contributed by atoms with Gasteiger partial charge in [0, 0.05) is 20.1 Å². The van der Waals surface area contributed by atoms with Crippen LogP contribution in [-0.2, 0) is 20.6 Å². The third-order valence-corrected chi connectivity index (χ3v) is 5.91. The number of nitrogens with one attached hydrogen (secondary N) is 1. The molecule has 2 heterocycles. The maximum atomic E-state index is 13.2. The summed E-state index contributed by atoms with van der Waals surface area (Å²) < 4.78 is 4.12. The highest BCUT2D eigenvalue weighted by Crippen LogP contribution is 2.23. The molecule has 0 unspecified atom stereocenters. The van der Waals surface area contributed by atoms with Crippen molar-refractivity contribution in [2.75, 3.05) is 5.32 Å². The van der Waals surface area contributed by atoms with E-state index in [0.717, 1.165) is 17.4 Å². The van der Waals surface area contributed by atoms with Crippen LogP contribution in [0.25, 0.3) is 11.2 Å². The van der Waals surface area contributed by atoms with E-state index in [-0.39, 0.29) is 23.7 Å². The van der Waals surface area contributed by atoms with Crippen LogP contribution in [0.2, 0.25) is 5.02 Å². The van der Waals surface area contributed by atoms with Crippen molar-refractivity contribution in [3.05, 3.63) is 55.2 Å². The Labute approximate surface area is 176 Å². The quantitative estimate of drug-likeness (QED) is 0.647. The molecule has 2 atom stereocenters. The number of nitrogens with zero attached hydrogens (tertiary/aromatic N) is 5. The fourth-order valence-corrected chi connectivity index (χ4v) is 4.16. The lowest BCUT2D eigenvalue weighted by Gasteiger charge is -2.12. The number of aromatic nitrogens is 4. The first kappa shape index (κ1) is 20.2. The van der Waals surface area contributed by atoms with E-state index in [1.54, 1.807) is 36.9 Å². The lowest BCUT2D eigenvalue weighted by atomic mass is 10.1. The molecule has 1 aliphatic rings. The van der Waals surface area contributed by atoms with Gasteiger partial charge in [-0.2, -0.15) is 10.2 Å². The van der Waals surface area contributed by atoms with Crippen LogP contribution in [0.1, 0.15) is 30.4 Å². The molecular weight excluding hydrogens is 408 g/mol. The summed E-state index contributed by atoms with van der Waals surface area (Å²) in [5.41, 5.74) is 0.617. The van der Waals surface area contributed by atoms with Crippen molar-refractivity contribution in [2.24, 2.45) is 14.1 Å². The summed E-state index contributed by atoms with van der Waals surface area (Å²) in [6.45, 7) is 0.0234. The highest BCUT2D eigenvalue weighted by molar-refractivity contribution is 6.31. The normalized spacial score (nSPS) is 18.6. The molecule has 156 valence electrons. The molecule has 0 bridgehead atoms. The molecule has 0 radical (unpaired) electrons. The van der Waals surface area contributed by atoms with Gasteiger partial charge in [-0.15, -0.1) is 0 Å². The number of fused-ring (bicyclic) bond motifs is 1. The van der Waals surface area contributed by atoms with Crippen LogP contribution in [0.15, 0.2) is 27.8 Å². The summed E-state index contributed by atoms with van der Waals surface area (Å²) in [4.78, 5) is 30.5. The Kier molecular flexibility index (Phi) is 5.13. The number of nitriles is 1. The first-order chi connectivity index (χ1) is 14.3. The number of hydrogen-bond donors (Lipinski definition) is 2. The molecule has 9 nitrogen and oxygen atoms in total. The van der Waals surface area contributed by atoms with Crippen LogP contribution in [0, 0.1) is 11.3 Å². The Balaban J connectivity index is 1.77. The zero-order valence-electron chi connectivity index (χ0n) is 16.6. The molecule has 2 aromatic heterocycles. The molecule has 1 aliphatic carbocycles. The highest BCUT2D eigenvalue weighted by Gasteiger charge is 2.25. The summed E-state index contributed by atoms with van der Waals surface area (Å²) in [6.07, 6.45) is 1.82. The minimum absolute atomic E-state index is 0.0234. The monoisotopic (exact) mass is 428 g/mol. The molecule has 1 aromatic carbocycles. The largest absolute Gasteiger partial charge is 0.393 e. The lowest BCUT2D eigenvalue weighted by molar-refractivity contribution is 0.182. The summed E-state index contributed by atoms with van der Waals surface area (Å²) in [5, 5.41) is 22.3. The molecule has 0 saturated heterocycles. The molecule has 10 heteroatoms. The molecule has 30 heavy (non-hydrogen) atoms. The summed E-state index contributed by atoms with van der Waals surface area (Å²) >= 11 is 6.09. The van der Waals surface area contributed by atoms with Crippen LogP contribution in [0.5, 0.6) is 0 Å². The predicted octanol–water partition coefficient (Wildman–Crippen LogP) is 1.33. The van der Waals surface area contributed by atoms with Crippen molar-refractivity contribution >= 4 is 28.7 Å². The van der Waals surface area contributed by atoms with Crippen LogP contribution in [-0.4, -0.2) is 35.9 Å². The molecule has 1 fully saturated rings. The number of anilines is 1. The maximum absolute atomic E-state index is 13.2. The predicted molar refractivity (Wildman–Crippen MR) is 113 cm³/mol. The standard InChI is InChI=1S/C20H21ClN6O3/c1-25-16-17(24-19(25)23-13-5-6-14(28)8-13)26(2)20(30)27(18(16)29)10-11-3-4-12(9-22)15(21)7-11/h3-4,7,13-14,28H,5-6,8,10H2,1-2H3,(H,23,24)/t13-,14-/m1/s1. The van der Waals surface area contributed by atoms with Crippen molar-refractivity contribution < 1.29 is 5.11 Å². The van der Waals surface area contributed by atoms with E-state index in [9.17, 15) is 14.7 Å². The number of hydrogen-bond acceptors (Lipinski definition) is 6. The van der Waals surface area contributed by atoms with Crippen molar-refractivity contribution in [1.29, 1.82) is 5.26 Å². The van der Waals surface area contributed by atoms with E-state index in [0.29, 0.717) is 34.7 Å². The molecule has 1 saturated carbocycles. The van der Waals surface area contributed by atoms with Gasteiger partial charge >= 0.3 is 5.69 Å². The van der Waals surface area contributed by atoms with E-state index in [2.05, 4.69) is 10.3 Å². The number of benzene rings is 1. The van der Waals surface area contributed by atoms with E-state index < -0.39 is 11.2 Å². The molecule has 0 spiro atoms. The van der Waals surface area contributed by atoms with Crippen molar-refractivity contribution in [1.82, 2.24) is 18.7 Å². The van der Waals surface area contributed by atoms with Gasteiger partial charge < -0.3 is 15.0 Å². The van der Waals surface area contributed by atoms with Gasteiger partial charge in [0.2, 0.25) is 5.95 Å².